The van der Waals surface area contributed by atoms with Crippen LogP contribution in [0.25, 0.3) is 0 Å². The standard InChI is InChI=1S/C41H67NO9Si2/c1-13-53(14-2,15-3)40(7,27-47-9)37-29(5)23-30(6)41-31(24-34(43)50-37)19-18-28(4)35(41)36(44)33(26-46-8)38(51-41)49-25-32-17-16-20-42(32)39(45)48-21-22-52(10,11)12/h16-20,23-24,28-29,33,35-38,44H,13-15,21-22,25-27H2,1-12H3/b30-23+,31-24-/t28-,29-,33-,35+,36-,37+,38+,40+,41+/m1/s1. The van der Waals surface area contributed by atoms with Crippen molar-refractivity contribution in [3.8, 4) is 0 Å². The first-order chi connectivity index (χ1) is 25.0. The number of ether oxygens (including phenoxy) is 6. The molecule has 10 nitrogen and oxygen atoms in total. The molecule has 0 radical (unpaired) electrons. The molecule has 2 aliphatic heterocycles. The van der Waals surface area contributed by atoms with Crippen LogP contribution in [-0.2, 0) is 39.8 Å². The molecule has 0 amide bonds. The summed E-state index contributed by atoms with van der Waals surface area (Å²) >= 11 is 0. The van der Waals surface area contributed by atoms with E-state index in [-0.39, 0.29) is 30.1 Å². The van der Waals surface area contributed by atoms with Crippen LogP contribution in [0.2, 0.25) is 48.9 Å². The number of allylic oxidation sites excluding steroid dienone is 1. The molecule has 4 rings (SSSR count). The second-order valence-corrected chi connectivity index (χ2v) is 28.5. The highest BCUT2D eigenvalue weighted by Crippen LogP contribution is 2.56. The van der Waals surface area contributed by atoms with Crippen LogP contribution in [0, 0.1) is 23.7 Å². The van der Waals surface area contributed by atoms with E-state index in [0.717, 1.165) is 29.7 Å². The third-order valence-corrected chi connectivity index (χ3v) is 21.4. The average Bonchev–Trinajstić information content (AvgIpc) is 3.58. The van der Waals surface area contributed by atoms with Crippen molar-refractivity contribution in [1.29, 1.82) is 0 Å². The van der Waals surface area contributed by atoms with E-state index >= 15 is 0 Å². The third kappa shape index (κ3) is 8.59. The quantitative estimate of drug-likeness (QED) is 0.107. The number of carbonyl (C=O) groups is 2. The molecule has 1 spiro atoms. The summed E-state index contributed by atoms with van der Waals surface area (Å²) in [5.74, 6) is -1.73. The SMILES string of the molecule is CC[Si](CC)(CC)[C@@](C)(COC)[C@H]1OC(=O)/C=C2/C=C[C@@H](C)[C@H]3[C@H](O)[C@@H](COC)[C@@H](OCc4cccn4C(=O)OCC[Si](C)(C)C)O[C@@]23/C(C)=C/[C@H]1C. The molecule has 0 aromatic carbocycles. The van der Waals surface area contributed by atoms with E-state index in [2.05, 4.69) is 67.3 Å². The summed E-state index contributed by atoms with van der Waals surface area (Å²) in [5, 5.41) is 12.0. The number of esters is 1. The third-order valence-electron chi connectivity index (χ3n) is 12.8. The van der Waals surface area contributed by atoms with Crippen LogP contribution in [-0.4, -0.2) is 96.0 Å². The number of carbonyl (C=O) groups excluding carboxylic acids is 2. The Morgan fingerprint density at radius 3 is 2.36 bits per heavy atom. The predicted molar refractivity (Wildman–Crippen MR) is 213 cm³/mol. The van der Waals surface area contributed by atoms with Gasteiger partial charge in [0.2, 0.25) is 0 Å². The molecule has 298 valence electrons. The van der Waals surface area contributed by atoms with Crippen molar-refractivity contribution in [2.24, 2.45) is 23.7 Å². The second-order valence-electron chi connectivity index (χ2n) is 17.0. The predicted octanol–water partition coefficient (Wildman–Crippen LogP) is 8.22. The van der Waals surface area contributed by atoms with E-state index in [9.17, 15) is 14.7 Å². The zero-order valence-electron chi connectivity index (χ0n) is 34.4. The maximum absolute atomic E-state index is 14.1. The van der Waals surface area contributed by atoms with Gasteiger partial charge in [-0.05, 0) is 42.2 Å². The first kappa shape index (κ1) is 43.4. The van der Waals surface area contributed by atoms with Gasteiger partial charge in [0.1, 0.15) is 11.7 Å². The lowest BCUT2D eigenvalue weighted by Crippen LogP contribution is -2.64. The molecule has 0 bridgehead atoms. The van der Waals surface area contributed by atoms with E-state index in [0.29, 0.717) is 24.5 Å². The number of aromatic nitrogens is 1. The highest BCUT2D eigenvalue weighted by Gasteiger charge is 2.61. The summed E-state index contributed by atoms with van der Waals surface area (Å²) in [6.07, 6.45) is 6.62. The van der Waals surface area contributed by atoms with Crippen molar-refractivity contribution in [1.82, 2.24) is 4.57 Å². The van der Waals surface area contributed by atoms with Gasteiger partial charge in [-0.2, -0.15) is 0 Å². The normalized spacial score (nSPS) is 32.4. The van der Waals surface area contributed by atoms with Gasteiger partial charge in [0, 0.05) is 51.4 Å². The fraction of sp³-hybridized carbons (Fsp3) is 0.707. The Bertz CT molecular complexity index is 1500. The van der Waals surface area contributed by atoms with Crippen LogP contribution in [0.3, 0.4) is 0 Å². The summed E-state index contributed by atoms with van der Waals surface area (Å²) in [4.78, 5) is 27.2. The maximum atomic E-state index is 14.1. The molecule has 9 atom stereocenters. The maximum Gasteiger partial charge on any atom is 0.418 e. The van der Waals surface area contributed by atoms with E-state index < -0.39 is 64.1 Å². The highest BCUT2D eigenvalue weighted by atomic mass is 28.3. The molecule has 1 aromatic heterocycles. The van der Waals surface area contributed by atoms with Gasteiger partial charge in [-0.15, -0.1) is 0 Å². The van der Waals surface area contributed by atoms with Gasteiger partial charge < -0.3 is 33.5 Å². The molecule has 53 heavy (non-hydrogen) atoms. The fourth-order valence-electron chi connectivity index (χ4n) is 9.62. The van der Waals surface area contributed by atoms with Crippen LogP contribution in [0.15, 0.2) is 53.8 Å². The molecule has 3 heterocycles. The Hall–Kier alpha value is -2.33. The highest BCUT2D eigenvalue weighted by molar-refractivity contribution is 6.82. The van der Waals surface area contributed by atoms with Gasteiger partial charge in [0.25, 0.3) is 0 Å². The number of rotatable bonds is 15. The molecule has 1 aromatic rings. The van der Waals surface area contributed by atoms with Crippen molar-refractivity contribution in [3.05, 3.63) is 59.5 Å². The smallest absolute Gasteiger partial charge is 0.418 e. The lowest BCUT2D eigenvalue weighted by atomic mass is 9.61. The molecule has 0 unspecified atom stereocenters. The minimum absolute atomic E-state index is 0.0231. The Labute approximate surface area is 320 Å². The van der Waals surface area contributed by atoms with E-state index in [1.807, 2.05) is 25.1 Å². The Morgan fingerprint density at radius 1 is 1.08 bits per heavy atom. The van der Waals surface area contributed by atoms with Crippen molar-refractivity contribution in [2.45, 2.75) is 128 Å². The van der Waals surface area contributed by atoms with Gasteiger partial charge in [-0.3, -0.25) is 4.57 Å². The largest absolute Gasteiger partial charge is 0.458 e. The van der Waals surface area contributed by atoms with Crippen LogP contribution in [0.5, 0.6) is 0 Å². The molecule has 1 aliphatic carbocycles. The molecule has 3 aliphatic rings. The topological polar surface area (TPSA) is 115 Å². The number of hydrogen-bond acceptors (Lipinski definition) is 9. The van der Waals surface area contributed by atoms with Crippen LogP contribution >= 0.6 is 0 Å². The minimum Gasteiger partial charge on any atom is -0.458 e. The summed E-state index contributed by atoms with van der Waals surface area (Å²) < 4.78 is 39.0. The number of nitrogens with zero attached hydrogens (tertiary/aromatic N) is 1. The lowest BCUT2D eigenvalue weighted by molar-refractivity contribution is -0.300. The lowest BCUT2D eigenvalue weighted by Gasteiger charge is -2.56. The molecule has 1 fully saturated rings. The zero-order valence-corrected chi connectivity index (χ0v) is 36.4. The number of cyclic esters (lactones) is 1. The van der Waals surface area contributed by atoms with E-state index in [4.69, 9.17) is 28.4 Å². The van der Waals surface area contributed by atoms with Gasteiger partial charge in [-0.25, -0.2) is 9.59 Å². The monoisotopic (exact) mass is 773 g/mol. The summed E-state index contributed by atoms with van der Waals surface area (Å²) in [6.45, 7) is 23.1. The summed E-state index contributed by atoms with van der Waals surface area (Å²) in [5.41, 5.74) is 0.896. The van der Waals surface area contributed by atoms with Crippen LogP contribution in [0.4, 0.5) is 4.79 Å². The minimum atomic E-state index is -2.02. The molecule has 0 saturated carbocycles. The van der Waals surface area contributed by atoms with Crippen molar-refractivity contribution in [3.63, 3.8) is 0 Å². The molecule has 1 saturated heterocycles. The number of hydrogen-bond donors (Lipinski definition) is 1. The van der Waals surface area contributed by atoms with Crippen LogP contribution in [0.1, 0.15) is 54.2 Å². The molecule has 12 heteroatoms. The second kappa shape index (κ2) is 17.6. The molecular formula is C41H67NO9Si2. The summed E-state index contributed by atoms with van der Waals surface area (Å²) in [6, 6.07) is 7.61. The number of methoxy groups -OCH3 is 2. The molecule has 1 N–H and O–H groups in total. The summed E-state index contributed by atoms with van der Waals surface area (Å²) in [7, 11) is -0.0804. The van der Waals surface area contributed by atoms with Crippen LogP contribution < -0.4 is 0 Å². The van der Waals surface area contributed by atoms with Gasteiger partial charge in [-0.1, -0.05) is 97.5 Å². The van der Waals surface area contributed by atoms with E-state index in [1.165, 1.54) is 4.57 Å². The van der Waals surface area contributed by atoms with E-state index in [1.54, 1.807) is 32.6 Å². The Morgan fingerprint density at radius 2 is 1.75 bits per heavy atom. The van der Waals surface area contributed by atoms with Gasteiger partial charge in [0.05, 0.1) is 52.2 Å². The van der Waals surface area contributed by atoms with Crippen molar-refractivity contribution >= 4 is 28.2 Å². The molecular weight excluding hydrogens is 707 g/mol. The Balaban J connectivity index is 1.77. The van der Waals surface area contributed by atoms with Crippen molar-refractivity contribution < 1.29 is 43.1 Å². The van der Waals surface area contributed by atoms with Gasteiger partial charge in [0.15, 0.2) is 6.29 Å². The van der Waals surface area contributed by atoms with Gasteiger partial charge >= 0.3 is 12.1 Å². The zero-order chi connectivity index (χ0) is 39.4. The van der Waals surface area contributed by atoms with Crippen molar-refractivity contribution in [2.75, 3.05) is 34.0 Å². The Kier molecular flexibility index (Phi) is 14.4. The first-order valence-electron chi connectivity index (χ1n) is 19.6. The fourth-order valence-corrected chi connectivity index (χ4v) is 15.6. The number of aliphatic hydroxyl groups is 1. The first-order valence-corrected chi connectivity index (χ1v) is 25.9. The average molecular weight is 774 g/mol. The number of aliphatic hydroxyl groups excluding tert-OH is 1.